The van der Waals surface area contributed by atoms with Gasteiger partial charge in [-0.3, -0.25) is 5.10 Å². The number of carboxylic acid groups (broad SMARTS) is 1. The predicted molar refractivity (Wildman–Crippen MR) is 34.3 cm³/mol. The van der Waals surface area contributed by atoms with Crippen LogP contribution in [-0.2, 0) is 4.74 Å². The Morgan fingerprint density at radius 3 is 2.75 bits per heavy atom. The third-order valence-corrected chi connectivity index (χ3v) is 1.19. The molecule has 1 aromatic heterocycles. The minimum Gasteiger partial charge on any atom is -0.543 e. The molecule has 0 unspecified atom stereocenters. The molecule has 6 nitrogen and oxygen atoms in total. The van der Waals surface area contributed by atoms with E-state index in [1.165, 1.54) is 7.11 Å². The summed E-state index contributed by atoms with van der Waals surface area (Å²) in [6.07, 6.45) is 0. The molecule has 1 N–H and O–H groups in total. The SMILES string of the molecule is COC(=O)c1cc(C(=O)[O-])n[nH]1. The molecule has 0 saturated carbocycles. The Morgan fingerprint density at radius 2 is 2.33 bits per heavy atom. The molecule has 1 aromatic rings. The van der Waals surface area contributed by atoms with E-state index in [1.54, 1.807) is 0 Å². The van der Waals surface area contributed by atoms with E-state index in [1.807, 2.05) is 0 Å². The molecule has 12 heavy (non-hydrogen) atoms. The second kappa shape index (κ2) is 3.04. The number of aromatic carboxylic acids is 1. The first kappa shape index (κ1) is 8.25. The topological polar surface area (TPSA) is 95.1 Å². The fourth-order valence-corrected chi connectivity index (χ4v) is 0.641. The third-order valence-electron chi connectivity index (χ3n) is 1.19. The molecule has 6 heteroatoms. The maximum Gasteiger partial charge on any atom is 0.356 e. The lowest BCUT2D eigenvalue weighted by atomic mass is 10.3. The van der Waals surface area contributed by atoms with Crippen LogP contribution < -0.4 is 5.11 Å². The summed E-state index contributed by atoms with van der Waals surface area (Å²) in [5.41, 5.74) is -0.341. The molecule has 64 valence electrons. The van der Waals surface area contributed by atoms with Gasteiger partial charge in [-0.05, 0) is 6.07 Å². The van der Waals surface area contributed by atoms with Crippen molar-refractivity contribution in [2.75, 3.05) is 7.11 Å². The number of carbonyl (C=O) groups is 2. The van der Waals surface area contributed by atoms with Gasteiger partial charge in [-0.1, -0.05) is 0 Å². The Balaban J connectivity index is 2.91. The summed E-state index contributed by atoms with van der Waals surface area (Å²) in [6, 6.07) is 1.04. The van der Waals surface area contributed by atoms with Gasteiger partial charge in [0.1, 0.15) is 11.4 Å². The van der Waals surface area contributed by atoms with Crippen molar-refractivity contribution in [3.8, 4) is 0 Å². The number of carbonyl (C=O) groups excluding carboxylic acids is 2. The van der Waals surface area contributed by atoms with Gasteiger partial charge >= 0.3 is 5.97 Å². The molecule has 0 fully saturated rings. The van der Waals surface area contributed by atoms with Crippen LogP contribution in [0.4, 0.5) is 0 Å². The molecule has 0 aliphatic carbocycles. The molecule has 1 rings (SSSR count). The van der Waals surface area contributed by atoms with Crippen LogP contribution in [0.5, 0.6) is 0 Å². The van der Waals surface area contributed by atoms with Gasteiger partial charge in [-0.25, -0.2) is 4.79 Å². The van der Waals surface area contributed by atoms with Gasteiger partial charge in [0.25, 0.3) is 0 Å². The van der Waals surface area contributed by atoms with Crippen LogP contribution in [0.25, 0.3) is 0 Å². The molecule has 0 radical (unpaired) electrons. The minimum atomic E-state index is -1.44. The normalized spacial score (nSPS) is 9.42. The van der Waals surface area contributed by atoms with Crippen LogP contribution in [0.3, 0.4) is 0 Å². The van der Waals surface area contributed by atoms with Crippen molar-refractivity contribution in [3.63, 3.8) is 0 Å². The predicted octanol–water partition coefficient (Wildman–Crippen LogP) is -1.44. The van der Waals surface area contributed by atoms with Gasteiger partial charge in [-0.15, -0.1) is 0 Å². The number of H-pyrrole nitrogens is 1. The van der Waals surface area contributed by atoms with Gasteiger partial charge < -0.3 is 14.6 Å². The number of hydrogen-bond acceptors (Lipinski definition) is 5. The fraction of sp³-hybridized carbons (Fsp3) is 0.167. The number of ether oxygens (including phenoxy) is 1. The van der Waals surface area contributed by atoms with Crippen LogP contribution in [-0.4, -0.2) is 29.2 Å². The van der Waals surface area contributed by atoms with Crippen molar-refractivity contribution < 1.29 is 19.4 Å². The van der Waals surface area contributed by atoms with E-state index >= 15 is 0 Å². The van der Waals surface area contributed by atoms with E-state index in [-0.39, 0.29) is 11.4 Å². The molecular weight excluding hydrogens is 164 g/mol. The van der Waals surface area contributed by atoms with Crippen LogP contribution in [0.15, 0.2) is 6.07 Å². The largest absolute Gasteiger partial charge is 0.543 e. The highest BCUT2D eigenvalue weighted by Gasteiger charge is 2.09. The van der Waals surface area contributed by atoms with Crippen molar-refractivity contribution in [3.05, 3.63) is 17.5 Å². The Labute approximate surface area is 67.2 Å². The Morgan fingerprint density at radius 1 is 1.67 bits per heavy atom. The van der Waals surface area contributed by atoms with Gasteiger partial charge in [0.15, 0.2) is 0 Å². The van der Waals surface area contributed by atoms with Crippen molar-refractivity contribution in [2.45, 2.75) is 0 Å². The number of nitrogens with one attached hydrogen (secondary N) is 1. The van der Waals surface area contributed by atoms with E-state index in [9.17, 15) is 14.7 Å². The van der Waals surface area contributed by atoms with Gasteiger partial charge in [0, 0.05) is 0 Å². The zero-order chi connectivity index (χ0) is 9.14. The highest BCUT2D eigenvalue weighted by Crippen LogP contribution is 1.99. The summed E-state index contributed by atoms with van der Waals surface area (Å²) >= 11 is 0. The zero-order valence-corrected chi connectivity index (χ0v) is 6.16. The number of aromatic nitrogens is 2. The molecular formula is C6H5N2O4-. The lowest BCUT2D eigenvalue weighted by molar-refractivity contribution is -0.255. The Kier molecular flexibility index (Phi) is 2.09. The minimum absolute atomic E-state index is 0.0169. The maximum absolute atomic E-state index is 10.7. The van der Waals surface area contributed by atoms with Crippen LogP contribution in [0, 0.1) is 0 Å². The van der Waals surface area contributed by atoms with E-state index in [4.69, 9.17) is 0 Å². The van der Waals surface area contributed by atoms with Crippen LogP contribution in [0.1, 0.15) is 21.0 Å². The maximum atomic E-state index is 10.7. The van der Waals surface area contributed by atoms with Crippen molar-refractivity contribution in [2.24, 2.45) is 0 Å². The average Bonchev–Trinajstić information content (AvgIpc) is 2.51. The number of rotatable bonds is 2. The van der Waals surface area contributed by atoms with Gasteiger partial charge in [0.05, 0.1) is 13.1 Å². The lowest BCUT2D eigenvalue weighted by Crippen LogP contribution is -2.22. The van der Waals surface area contributed by atoms with E-state index in [0.29, 0.717) is 0 Å². The Bertz CT molecular complexity index is 317. The van der Waals surface area contributed by atoms with Crippen LogP contribution in [0.2, 0.25) is 0 Å². The van der Waals surface area contributed by atoms with Crippen molar-refractivity contribution >= 4 is 11.9 Å². The first-order valence-corrected chi connectivity index (χ1v) is 3.00. The molecule has 0 amide bonds. The lowest BCUT2D eigenvalue weighted by Gasteiger charge is -1.92. The standard InChI is InChI=1S/C6H6N2O4/c1-12-6(11)4-2-3(5(9)10)7-8-4/h2H,1H3,(H,7,8)(H,9,10)/p-1. The summed E-state index contributed by atoms with van der Waals surface area (Å²) in [7, 11) is 1.18. The number of hydrogen-bond donors (Lipinski definition) is 1. The quantitative estimate of drug-likeness (QED) is 0.547. The van der Waals surface area contributed by atoms with E-state index < -0.39 is 11.9 Å². The first-order valence-electron chi connectivity index (χ1n) is 3.00. The monoisotopic (exact) mass is 169 g/mol. The second-order valence-corrected chi connectivity index (χ2v) is 1.95. The summed E-state index contributed by atoms with van der Waals surface area (Å²) in [5.74, 6) is -2.11. The number of aromatic amines is 1. The average molecular weight is 169 g/mol. The highest BCUT2D eigenvalue weighted by molar-refractivity contribution is 5.91. The number of nitrogens with zero attached hydrogens (tertiary/aromatic N) is 1. The fourth-order valence-electron chi connectivity index (χ4n) is 0.641. The van der Waals surface area contributed by atoms with E-state index in [2.05, 4.69) is 14.9 Å². The molecule has 0 saturated heterocycles. The molecule has 0 aromatic carbocycles. The number of carboxylic acids is 1. The summed E-state index contributed by atoms with van der Waals surface area (Å²) in [5, 5.41) is 15.7. The summed E-state index contributed by atoms with van der Waals surface area (Å²) < 4.78 is 4.31. The molecule has 0 aliphatic rings. The Hall–Kier alpha value is -1.85. The second-order valence-electron chi connectivity index (χ2n) is 1.95. The molecule has 0 bridgehead atoms. The third kappa shape index (κ3) is 1.42. The first-order chi connectivity index (χ1) is 5.65. The summed E-state index contributed by atoms with van der Waals surface area (Å²) in [6.45, 7) is 0. The molecule has 0 aliphatic heterocycles. The number of methoxy groups -OCH3 is 1. The van der Waals surface area contributed by atoms with E-state index in [0.717, 1.165) is 6.07 Å². The smallest absolute Gasteiger partial charge is 0.356 e. The van der Waals surface area contributed by atoms with Gasteiger partial charge in [0.2, 0.25) is 0 Å². The summed E-state index contributed by atoms with van der Waals surface area (Å²) in [4.78, 5) is 20.9. The van der Waals surface area contributed by atoms with Crippen molar-refractivity contribution in [1.82, 2.24) is 10.2 Å². The molecule has 1 heterocycles. The van der Waals surface area contributed by atoms with Crippen molar-refractivity contribution in [1.29, 1.82) is 0 Å². The highest BCUT2D eigenvalue weighted by atomic mass is 16.5. The molecule has 0 atom stereocenters. The number of esters is 1. The van der Waals surface area contributed by atoms with Gasteiger partial charge in [-0.2, -0.15) is 5.10 Å². The zero-order valence-electron chi connectivity index (χ0n) is 6.16. The molecule has 0 spiro atoms. The van der Waals surface area contributed by atoms with Crippen LogP contribution >= 0.6 is 0 Å².